The highest BCUT2D eigenvalue weighted by Gasteiger charge is 2.51. The summed E-state index contributed by atoms with van der Waals surface area (Å²) in [7, 11) is -0.325. The summed E-state index contributed by atoms with van der Waals surface area (Å²) in [6.07, 6.45) is 19.3. The zero-order chi connectivity index (χ0) is 79.0. The highest BCUT2D eigenvalue weighted by Crippen LogP contribution is 2.39. The van der Waals surface area contributed by atoms with Crippen LogP contribution in [0.2, 0.25) is 5.02 Å². The molecule has 0 bridgehead atoms. The van der Waals surface area contributed by atoms with E-state index in [4.69, 9.17) is 25.9 Å². The molecule has 0 saturated carbocycles. The lowest BCUT2D eigenvalue weighted by Gasteiger charge is -2.32. The summed E-state index contributed by atoms with van der Waals surface area (Å²) < 4.78 is 23.8. The zero-order valence-corrected chi connectivity index (χ0v) is 68.7. The maximum absolute atomic E-state index is 11.7. The normalized spacial score (nSPS) is 13.8. The van der Waals surface area contributed by atoms with E-state index in [0.29, 0.717) is 11.1 Å². The minimum Gasteiger partial charge on any atom is -0.399 e. The summed E-state index contributed by atoms with van der Waals surface area (Å²) in [5.41, 5.74) is 20.4. The summed E-state index contributed by atoms with van der Waals surface area (Å²) in [4.78, 5) is 35.0. The molecule has 0 atom stereocenters. The van der Waals surface area contributed by atoms with Gasteiger partial charge in [0.25, 0.3) is 0 Å². The second-order valence-corrected chi connectivity index (χ2v) is 32.6. The molecular weight excluding hydrogens is 1570 g/mol. The van der Waals surface area contributed by atoms with E-state index in [0.717, 1.165) is 117 Å². The van der Waals surface area contributed by atoms with Gasteiger partial charge in [0.05, 0.1) is 33.3 Å². The Morgan fingerprint density at radius 1 is 0.461 bits per heavy atom. The standard InChI is InChI=1S/C30H29N5O.C23H16ClN3.C21H24BNO2.C15H12BrN.C8H6BrN/c1-21(36)34-15-10-25(11-16-34)33-26-18-27(30-28(19-26)31-12-13-32-30)24-8-7-23-9-14-35(29(23)17-24)20-22-5-3-2-4-6-22;24-19-13-20(23-21(14-19)25-9-10-26-23)18-7-6-17-8-11-27(22(17)12-18)15-16-4-2-1-3-5-16;1-20(2)21(3,4)25-22(24-20)18-11-10-17-12-13-23(19(17)14-18)15-16-8-6-5-7-9-16;16-14-7-6-13-8-9-17(15(13)10-14)11-12-4-2-1-3-5-12;9-7-2-1-6-3-4-10-8(6)5-7/h2-9,12-14,17-19,25,33H,10-11,15-16,20H2,1H3;1-14H,15H2;5-14H,15H2,1-4H3;1-10H,11H2;1-5,10H. The maximum atomic E-state index is 11.7. The number of carbonyl (C=O) groups excluding carboxylic acids is 1. The highest BCUT2D eigenvalue weighted by atomic mass is 79.9. The minimum atomic E-state index is -0.325. The van der Waals surface area contributed by atoms with Crippen molar-refractivity contribution < 1.29 is 14.1 Å². The molecule has 9 heterocycles. The first kappa shape index (κ1) is 77.3. The van der Waals surface area contributed by atoms with E-state index in [9.17, 15) is 4.79 Å². The number of amides is 1. The first-order chi connectivity index (χ1) is 56.0. The Labute approximate surface area is 691 Å². The number of benzene rings is 11. The van der Waals surface area contributed by atoms with Crippen molar-refractivity contribution in [2.45, 2.75) is 90.9 Å². The number of nitrogens with one attached hydrogen (secondary N) is 2. The van der Waals surface area contributed by atoms with Crippen molar-refractivity contribution in [3.63, 3.8) is 0 Å². The van der Waals surface area contributed by atoms with Crippen LogP contribution in [0, 0.1) is 0 Å². The summed E-state index contributed by atoms with van der Waals surface area (Å²) in [5, 5.41) is 10.6. The lowest BCUT2D eigenvalue weighted by molar-refractivity contribution is -0.129. The predicted molar refractivity (Wildman–Crippen MR) is 480 cm³/mol. The maximum Gasteiger partial charge on any atom is 0.494 e. The number of halogens is 3. The number of H-pyrrole nitrogens is 1. The third-order valence-corrected chi connectivity index (χ3v) is 23.2. The average Bonchev–Trinajstić information content (AvgIpc) is 1.71. The molecule has 18 aromatic rings. The fourth-order valence-corrected chi connectivity index (χ4v) is 16.0. The van der Waals surface area contributed by atoms with Crippen LogP contribution in [-0.2, 0) is 40.3 Å². The number of hydrogen-bond donors (Lipinski definition) is 2. The topological polar surface area (TPSA) is 138 Å². The summed E-state index contributed by atoms with van der Waals surface area (Å²) in [6.45, 7) is 15.0. The van der Waals surface area contributed by atoms with Crippen molar-refractivity contribution in [1.29, 1.82) is 0 Å². The van der Waals surface area contributed by atoms with Crippen molar-refractivity contribution >= 4 is 144 Å². The van der Waals surface area contributed by atoms with Crippen molar-refractivity contribution in [1.82, 2.24) is 48.1 Å². The lowest BCUT2D eigenvalue weighted by atomic mass is 9.79. The molecule has 0 aliphatic carbocycles. The monoisotopic (exact) mass is 1660 g/mol. The SMILES string of the molecule is Brc1ccc2cc[nH]c2c1.Brc1ccc2ccn(Cc3ccccc3)c2c1.CC(=O)N1CCC(Nc2cc(-c3ccc4ccn(Cc5ccccc5)c4c3)c3nccnc3c2)CC1.CC1(C)OB(c2ccc3ccn(Cc4ccccc4)c3c2)OC1(C)C.Clc1cc(-c2ccc3ccn(Cc4ccccc4)c3c2)c2nccnc2c1. The minimum absolute atomic E-state index is 0.157. The van der Waals surface area contributed by atoms with Gasteiger partial charge in [0.2, 0.25) is 5.91 Å². The largest absolute Gasteiger partial charge is 0.494 e. The summed E-state index contributed by atoms with van der Waals surface area (Å²) >= 11 is 13.3. The van der Waals surface area contributed by atoms with E-state index in [2.05, 4.69) is 358 Å². The van der Waals surface area contributed by atoms with E-state index in [1.54, 1.807) is 31.7 Å². The molecule has 7 aromatic heterocycles. The molecule has 2 fully saturated rings. The van der Waals surface area contributed by atoms with Gasteiger partial charge < -0.3 is 42.8 Å². The Morgan fingerprint density at radius 3 is 1.35 bits per heavy atom. The molecule has 115 heavy (non-hydrogen) atoms. The van der Waals surface area contributed by atoms with Crippen molar-refractivity contribution in [3.05, 3.63) is 359 Å². The third kappa shape index (κ3) is 18.1. The Morgan fingerprint density at radius 2 is 0.870 bits per heavy atom. The van der Waals surface area contributed by atoms with Crippen LogP contribution in [0.25, 0.3) is 98.8 Å². The first-order valence-corrected chi connectivity index (χ1v) is 40.9. The van der Waals surface area contributed by atoms with Gasteiger partial charge in [0.1, 0.15) is 0 Å². The molecule has 11 aromatic carbocycles. The summed E-state index contributed by atoms with van der Waals surface area (Å²) in [6, 6.07) is 93.3. The van der Waals surface area contributed by atoms with Crippen LogP contribution in [0.5, 0.6) is 0 Å². The number of aromatic amines is 1. The van der Waals surface area contributed by atoms with Gasteiger partial charge in [-0.3, -0.25) is 24.7 Å². The third-order valence-electron chi connectivity index (χ3n) is 22.0. The highest BCUT2D eigenvalue weighted by molar-refractivity contribution is 9.10. The van der Waals surface area contributed by atoms with Gasteiger partial charge in [-0.2, -0.15) is 0 Å². The van der Waals surface area contributed by atoms with Gasteiger partial charge in [0, 0.05) is 166 Å². The molecule has 0 unspecified atom stereocenters. The van der Waals surface area contributed by atoms with Crippen molar-refractivity contribution in [2.75, 3.05) is 18.4 Å². The van der Waals surface area contributed by atoms with E-state index in [-0.39, 0.29) is 24.2 Å². The molecule has 0 spiro atoms. The van der Waals surface area contributed by atoms with Gasteiger partial charge in [-0.1, -0.05) is 213 Å². The summed E-state index contributed by atoms with van der Waals surface area (Å²) in [5.74, 6) is 0.157. The first-order valence-electron chi connectivity index (χ1n) is 38.9. The molecule has 20 rings (SSSR count). The fraction of sp³-hybridized carbons (Fsp3) is 0.165. The van der Waals surface area contributed by atoms with Crippen LogP contribution in [0.4, 0.5) is 5.69 Å². The number of nitrogens with zero attached hydrogens (tertiary/aromatic N) is 9. The number of fused-ring (bicyclic) bond motifs is 7. The van der Waals surface area contributed by atoms with Gasteiger partial charge in [-0.25, -0.2) is 0 Å². The Kier molecular flexibility index (Phi) is 23.2. The van der Waals surface area contributed by atoms with Crippen LogP contribution in [0.3, 0.4) is 0 Å². The second kappa shape index (κ2) is 34.6. The molecule has 2 N–H and O–H groups in total. The molecule has 2 aliphatic rings. The van der Waals surface area contributed by atoms with Gasteiger partial charge in [-0.15, -0.1) is 0 Å². The molecule has 2 saturated heterocycles. The number of hydrogen-bond acceptors (Lipinski definition) is 8. The van der Waals surface area contributed by atoms with Crippen molar-refractivity contribution in [3.8, 4) is 22.3 Å². The van der Waals surface area contributed by atoms with Crippen LogP contribution in [0.15, 0.2) is 332 Å². The molecule has 18 heteroatoms. The number of aromatic nitrogens is 9. The van der Waals surface area contributed by atoms with Crippen LogP contribution >= 0.6 is 43.5 Å². The Hall–Kier alpha value is -11.7. The van der Waals surface area contributed by atoms with E-state index in [1.165, 1.54) is 76.8 Å². The zero-order valence-electron chi connectivity index (χ0n) is 64.8. The van der Waals surface area contributed by atoms with Crippen LogP contribution in [0.1, 0.15) is 69.7 Å². The number of likely N-dealkylation sites (tertiary alicyclic amines) is 1. The van der Waals surface area contributed by atoms with Crippen LogP contribution in [-0.4, -0.2) is 91.4 Å². The quantitative estimate of drug-likeness (QED) is 0.109. The molecule has 2 aliphatic heterocycles. The Bertz CT molecular complexity index is 6400. The average molecular weight is 1660 g/mol. The smallest absolute Gasteiger partial charge is 0.399 e. The van der Waals surface area contributed by atoms with E-state index < -0.39 is 0 Å². The molecule has 0 radical (unpaired) electrons. The Balaban J connectivity index is 0.000000113. The number of rotatable bonds is 13. The lowest BCUT2D eigenvalue weighted by Crippen LogP contribution is -2.41. The molecule has 572 valence electrons. The fourth-order valence-electron chi connectivity index (χ4n) is 15.1. The van der Waals surface area contributed by atoms with Gasteiger partial charge >= 0.3 is 7.12 Å². The number of carbonyl (C=O) groups is 1. The number of anilines is 1. The van der Waals surface area contributed by atoms with Crippen LogP contribution < -0.4 is 10.8 Å². The number of piperidine rings is 1. The second-order valence-electron chi connectivity index (χ2n) is 30.3. The van der Waals surface area contributed by atoms with Crippen molar-refractivity contribution in [2.24, 2.45) is 0 Å². The van der Waals surface area contributed by atoms with E-state index in [1.807, 2.05) is 47.5 Å². The van der Waals surface area contributed by atoms with Gasteiger partial charge in [0.15, 0.2) is 0 Å². The predicted octanol–water partition coefficient (Wildman–Crippen LogP) is 23.0. The van der Waals surface area contributed by atoms with E-state index >= 15 is 0 Å². The molecule has 14 nitrogen and oxygen atoms in total. The molecular formula is C97H87BBr2ClN11O3. The van der Waals surface area contributed by atoms with Gasteiger partial charge in [-0.05, 0) is 203 Å². The molecule has 1 amide bonds.